The molecular weight excluding hydrogens is 172 g/mol. The van der Waals surface area contributed by atoms with E-state index in [2.05, 4.69) is 6.92 Å². The first-order chi connectivity index (χ1) is 6.90. The van der Waals surface area contributed by atoms with E-state index in [1.807, 2.05) is 0 Å². The van der Waals surface area contributed by atoms with Gasteiger partial charge in [0.2, 0.25) is 0 Å². The second-order valence-corrected chi connectivity index (χ2v) is 5.12. The zero-order chi connectivity index (χ0) is 9.80. The van der Waals surface area contributed by atoms with Crippen LogP contribution in [0.1, 0.15) is 58.3 Å². The summed E-state index contributed by atoms with van der Waals surface area (Å²) in [5.74, 6) is 2.07. The van der Waals surface area contributed by atoms with Crippen LogP contribution in [0, 0.1) is 11.8 Å². The lowest BCUT2D eigenvalue weighted by molar-refractivity contribution is 0.0500. The van der Waals surface area contributed by atoms with Gasteiger partial charge < -0.3 is 4.74 Å². The Hall–Kier alpha value is -0.0400. The Balaban J connectivity index is 1.60. The monoisotopic (exact) mass is 196 g/mol. The van der Waals surface area contributed by atoms with Gasteiger partial charge in [0.1, 0.15) is 0 Å². The van der Waals surface area contributed by atoms with Crippen molar-refractivity contribution in [1.82, 2.24) is 0 Å². The predicted octanol–water partition coefficient (Wildman–Crippen LogP) is 3.77. The molecule has 0 aromatic rings. The van der Waals surface area contributed by atoms with Crippen molar-refractivity contribution < 1.29 is 4.74 Å². The fraction of sp³-hybridized carbons (Fsp3) is 1.00. The van der Waals surface area contributed by atoms with Crippen LogP contribution in [-0.4, -0.2) is 12.7 Å². The van der Waals surface area contributed by atoms with E-state index in [9.17, 15) is 0 Å². The molecule has 0 bridgehead atoms. The van der Waals surface area contributed by atoms with E-state index in [0.29, 0.717) is 6.10 Å². The molecule has 0 spiro atoms. The summed E-state index contributed by atoms with van der Waals surface area (Å²) in [5, 5.41) is 0. The number of fused-ring (bicyclic) bond motifs is 1. The molecule has 3 atom stereocenters. The fourth-order valence-corrected chi connectivity index (χ4v) is 3.24. The van der Waals surface area contributed by atoms with Crippen LogP contribution >= 0.6 is 0 Å². The van der Waals surface area contributed by atoms with E-state index >= 15 is 0 Å². The van der Waals surface area contributed by atoms with Crippen molar-refractivity contribution in [2.45, 2.75) is 64.4 Å². The van der Waals surface area contributed by atoms with Crippen LogP contribution < -0.4 is 0 Å². The second-order valence-electron chi connectivity index (χ2n) is 5.12. The predicted molar refractivity (Wildman–Crippen MR) is 59.3 cm³/mol. The average molecular weight is 196 g/mol. The van der Waals surface area contributed by atoms with Crippen LogP contribution in [-0.2, 0) is 4.74 Å². The van der Waals surface area contributed by atoms with E-state index < -0.39 is 0 Å². The van der Waals surface area contributed by atoms with Crippen LogP contribution in [0.4, 0.5) is 0 Å². The summed E-state index contributed by atoms with van der Waals surface area (Å²) in [4.78, 5) is 0. The van der Waals surface area contributed by atoms with Gasteiger partial charge >= 0.3 is 0 Å². The van der Waals surface area contributed by atoms with Gasteiger partial charge in [-0.2, -0.15) is 0 Å². The highest BCUT2D eigenvalue weighted by molar-refractivity contribution is 4.88. The Morgan fingerprint density at radius 3 is 2.43 bits per heavy atom. The third-order valence-corrected chi connectivity index (χ3v) is 4.05. The van der Waals surface area contributed by atoms with Gasteiger partial charge in [0.25, 0.3) is 0 Å². The molecule has 82 valence electrons. The lowest BCUT2D eigenvalue weighted by Gasteiger charge is -2.12. The molecule has 0 N–H and O–H groups in total. The molecule has 2 aliphatic carbocycles. The number of rotatable bonds is 5. The molecule has 0 amide bonds. The first kappa shape index (κ1) is 10.5. The summed E-state index contributed by atoms with van der Waals surface area (Å²) in [6.07, 6.45) is 11.7. The van der Waals surface area contributed by atoms with Crippen LogP contribution in [0.2, 0.25) is 0 Å². The summed E-state index contributed by atoms with van der Waals surface area (Å²) in [6, 6.07) is 0. The first-order valence-corrected chi connectivity index (χ1v) is 6.51. The van der Waals surface area contributed by atoms with Gasteiger partial charge in [0.05, 0.1) is 6.10 Å². The molecule has 2 fully saturated rings. The summed E-state index contributed by atoms with van der Waals surface area (Å²) < 4.78 is 5.94. The van der Waals surface area contributed by atoms with E-state index in [1.54, 1.807) is 0 Å². The molecule has 0 aromatic carbocycles. The Morgan fingerprint density at radius 1 is 1.07 bits per heavy atom. The Labute approximate surface area is 88.2 Å². The van der Waals surface area contributed by atoms with Crippen LogP contribution in [0.3, 0.4) is 0 Å². The zero-order valence-corrected chi connectivity index (χ0v) is 9.50. The van der Waals surface area contributed by atoms with E-state index in [4.69, 9.17) is 4.74 Å². The molecule has 0 aliphatic heterocycles. The molecule has 0 saturated heterocycles. The molecule has 1 unspecified atom stereocenters. The minimum atomic E-state index is 0.627. The summed E-state index contributed by atoms with van der Waals surface area (Å²) in [5.41, 5.74) is 0. The number of ether oxygens (including phenoxy) is 1. The van der Waals surface area contributed by atoms with Crippen LogP contribution in [0.15, 0.2) is 0 Å². The third kappa shape index (κ3) is 2.50. The Kier molecular flexibility index (Phi) is 3.86. The molecule has 0 heterocycles. The molecule has 14 heavy (non-hydrogen) atoms. The summed E-state index contributed by atoms with van der Waals surface area (Å²) in [7, 11) is 0. The fourth-order valence-electron chi connectivity index (χ4n) is 3.24. The lowest BCUT2D eigenvalue weighted by atomic mass is 10.0. The molecule has 2 aliphatic rings. The highest BCUT2D eigenvalue weighted by atomic mass is 16.5. The highest BCUT2D eigenvalue weighted by Crippen LogP contribution is 2.44. The molecule has 0 radical (unpaired) electrons. The van der Waals surface area contributed by atoms with Crippen molar-refractivity contribution in [3.8, 4) is 0 Å². The maximum Gasteiger partial charge on any atom is 0.0580 e. The quantitative estimate of drug-likeness (QED) is 0.608. The van der Waals surface area contributed by atoms with Crippen molar-refractivity contribution in [1.29, 1.82) is 0 Å². The molecule has 0 aromatic heterocycles. The minimum absolute atomic E-state index is 0.627. The third-order valence-electron chi connectivity index (χ3n) is 4.05. The van der Waals surface area contributed by atoms with Gasteiger partial charge in [0, 0.05) is 6.61 Å². The highest BCUT2D eigenvalue weighted by Gasteiger charge is 2.37. The van der Waals surface area contributed by atoms with E-state index in [-0.39, 0.29) is 0 Å². The van der Waals surface area contributed by atoms with Crippen molar-refractivity contribution in [3.63, 3.8) is 0 Å². The van der Waals surface area contributed by atoms with Gasteiger partial charge in [-0.05, 0) is 31.1 Å². The maximum absolute atomic E-state index is 5.94. The number of hydrogen-bond donors (Lipinski definition) is 0. The standard InChI is InChI=1S/C13H24O/c1-2-3-4-8-14-13-9-11-6-5-7-12(11)10-13/h11-13H,2-10H2,1H3/t11-,12+,13?. The number of hydrogen-bond acceptors (Lipinski definition) is 1. The van der Waals surface area contributed by atoms with Crippen molar-refractivity contribution in [2.75, 3.05) is 6.61 Å². The topological polar surface area (TPSA) is 9.23 Å². The molecule has 1 heteroatoms. The lowest BCUT2D eigenvalue weighted by Crippen LogP contribution is -2.10. The SMILES string of the molecule is CCCCCOC1C[C@H]2CCC[C@H]2C1. The Morgan fingerprint density at radius 2 is 1.79 bits per heavy atom. The van der Waals surface area contributed by atoms with Gasteiger partial charge in [0.15, 0.2) is 0 Å². The minimum Gasteiger partial charge on any atom is -0.378 e. The molecular formula is C13H24O. The van der Waals surface area contributed by atoms with Gasteiger partial charge in [-0.15, -0.1) is 0 Å². The largest absolute Gasteiger partial charge is 0.378 e. The number of unbranched alkanes of at least 4 members (excludes halogenated alkanes) is 2. The van der Waals surface area contributed by atoms with Crippen molar-refractivity contribution in [3.05, 3.63) is 0 Å². The molecule has 2 rings (SSSR count). The summed E-state index contributed by atoms with van der Waals surface area (Å²) in [6.45, 7) is 3.26. The average Bonchev–Trinajstić information content (AvgIpc) is 2.72. The summed E-state index contributed by atoms with van der Waals surface area (Å²) >= 11 is 0. The van der Waals surface area contributed by atoms with Crippen molar-refractivity contribution >= 4 is 0 Å². The normalized spacial score (nSPS) is 36.2. The van der Waals surface area contributed by atoms with Crippen molar-refractivity contribution in [2.24, 2.45) is 11.8 Å². The smallest absolute Gasteiger partial charge is 0.0580 e. The van der Waals surface area contributed by atoms with Crippen LogP contribution in [0.25, 0.3) is 0 Å². The van der Waals surface area contributed by atoms with Crippen LogP contribution in [0.5, 0.6) is 0 Å². The second kappa shape index (κ2) is 5.16. The van der Waals surface area contributed by atoms with E-state index in [1.165, 1.54) is 51.4 Å². The van der Waals surface area contributed by atoms with E-state index in [0.717, 1.165) is 18.4 Å². The molecule has 1 nitrogen and oxygen atoms in total. The maximum atomic E-state index is 5.94. The van der Waals surface area contributed by atoms with Gasteiger partial charge in [-0.25, -0.2) is 0 Å². The molecule has 2 saturated carbocycles. The first-order valence-electron chi connectivity index (χ1n) is 6.51. The Bertz CT molecular complexity index is 155. The zero-order valence-electron chi connectivity index (χ0n) is 9.50. The van der Waals surface area contributed by atoms with Gasteiger partial charge in [-0.1, -0.05) is 39.0 Å². The van der Waals surface area contributed by atoms with Gasteiger partial charge in [-0.3, -0.25) is 0 Å².